The van der Waals surface area contributed by atoms with Crippen molar-refractivity contribution in [2.45, 2.75) is 6.92 Å². The first-order valence-electron chi connectivity index (χ1n) is 5.23. The Balaban J connectivity index is 2.61. The van der Waals surface area contributed by atoms with Crippen molar-refractivity contribution in [1.82, 2.24) is 0 Å². The van der Waals surface area contributed by atoms with Crippen LogP contribution in [0.15, 0.2) is 36.5 Å². The molecule has 0 spiro atoms. The van der Waals surface area contributed by atoms with Gasteiger partial charge in [0.1, 0.15) is 5.75 Å². The first-order chi connectivity index (χ1) is 8.13. The van der Waals surface area contributed by atoms with Gasteiger partial charge in [-0.1, -0.05) is 16.3 Å². The maximum atomic E-state index is 6.24. The molecule has 0 saturated carbocycles. The molecule has 0 unspecified atom stereocenters. The zero-order valence-electron chi connectivity index (χ0n) is 9.77. The second kappa shape index (κ2) is 4.63. The minimum absolute atomic E-state index is 0.623. The fraction of sp³-hybridized carbons (Fsp3) is 0.154. The number of nitrogen functional groups attached to an aromatic ring is 1. The lowest BCUT2D eigenvalue weighted by molar-refractivity contribution is -0.627. The van der Waals surface area contributed by atoms with E-state index in [1.165, 1.54) is 0 Å². The number of benzene rings is 1. The Morgan fingerprint density at radius 2 is 2.06 bits per heavy atom. The molecule has 0 aliphatic heterocycles. The summed E-state index contributed by atoms with van der Waals surface area (Å²) < 4.78 is 6.70. The Morgan fingerprint density at radius 3 is 2.65 bits per heavy atom. The highest BCUT2D eigenvalue weighted by Gasteiger charge is 2.17. The van der Waals surface area contributed by atoms with E-state index in [-0.39, 0.29) is 0 Å². The fourth-order valence-electron chi connectivity index (χ4n) is 1.80. The summed E-state index contributed by atoms with van der Waals surface area (Å²) in [5.41, 5.74) is 2.87. The zero-order valence-corrected chi connectivity index (χ0v) is 10.5. The van der Waals surface area contributed by atoms with Crippen molar-refractivity contribution < 1.29 is 9.41 Å². The highest BCUT2D eigenvalue weighted by atomic mass is 35.5. The molecule has 17 heavy (non-hydrogen) atoms. The van der Waals surface area contributed by atoms with Gasteiger partial charge in [-0.15, -0.1) is 0 Å². The molecule has 0 amide bonds. The summed E-state index contributed by atoms with van der Waals surface area (Å²) in [5, 5.41) is 0.623. The highest BCUT2D eigenvalue weighted by molar-refractivity contribution is 6.33. The average molecular weight is 250 g/mol. The summed E-state index contributed by atoms with van der Waals surface area (Å²) in [6.07, 6.45) is 1.79. The van der Waals surface area contributed by atoms with Crippen LogP contribution in [0.25, 0.3) is 11.3 Å². The van der Waals surface area contributed by atoms with Gasteiger partial charge in [0.25, 0.3) is 0 Å². The van der Waals surface area contributed by atoms with Gasteiger partial charge in [-0.05, 0) is 31.2 Å². The standard InChI is InChI=1S/C13H14ClN2O/c1-9-4-3-7-16(15)13(9)11-6-5-10(17-2)8-12(11)14/h3-8H,15H2,1-2H3/q+1. The largest absolute Gasteiger partial charge is 0.497 e. The Morgan fingerprint density at radius 1 is 1.29 bits per heavy atom. The minimum Gasteiger partial charge on any atom is -0.497 e. The number of ether oxygens (including phenoxy) is 1. The number of nitrogens with zero attached hydrogens (tertiary/aromatic N) is 1. The van der Waals surface area contributed by atoms with Crippen LogP contribution in [0.4, 0.5) is 0 Å². The van der Waals surface area contributed by atoms with E-state index >= 15 is 0 Å². The lowest BCUT2D eigenvalue weighted by Gasteiger charge is -2.06. The van der Waals surface area contributed by atoms with Gasteiger partial charge in [0.2, 0.25) is 5.69 Å². The minimum atomic E-state index is 0.623. The number of aryl methyl sites for hydroxylation is 1. The van der Waals surface area contributed by atoms with Gasteiger partial charge in [-0.3, -0.25) is 0 Å². The normalized spacial score (nSPS) is 10.3. The second-order valence-electron chi connectivity index (χ2n) is 3.79. The molecule has 0 bridgehead atoms. The van der Waals surface area contributed by atoms with Crippen LogP contribution in [0.5, 0.6) is 5.75 Å². The van der Waals surface area contributed by atoms with Crippen LogP contribution >= 0.6 is 11.6 Å². The maximum Gasteiger partial charge on any atom is 0.246 e. The third kappa shape index (κ3) is 2.19. The molecule has 4 heteroatoms. The van der Waals surface area contributed by atoms with Crippen molar-refractivity contribution in [2.24, 2.45) is 0 Å². The number of nitrogens with two attached hydrogens (primary N) is 1. The van der Waals surface area contributed by atoms with E-state index in [4.69, 9.17) is 22.2 Å². The van der Waals surface area contributed by atoms with Gasteiger partial charge in [0.05, 0.1) is 17.7 Å². The highest BCUT2D eigenvalue weighted by Crippen LogP contribution is 2.30. The van der Waals surface area contributed by atoms with Gasteiger partial charge in [0, 0.05) is 11.6 Å². The summed E-state index contributed by atoms with van der Waals surface area (Å²) in [4.78, 5) is 0. The third-order valence-electron chi connectivity index (χ3n) is 2.66. The van der Waals surface area contributed by atoms with Crippen LogP contribution in [0.2, 0.25) is 5.02 Å². The Kier molecular flexibility index (Phi) is 3.20. The first kappa shape index (κ1) is 11.7. The van der Waals surface area contributed by atoms with E-state index in [0.717, 1.165) is 22.6 Å². The van der Waals surface area contributed by atoms with Gasteiger partial charge < -0.3 is 4.74 Å². The maximum absolute atomic E-state index is 6.24. The van der Waals surface area contributed by atoms with Gasteiger partial charge in [0.15, 0.2) is 6.20 Å². The second-order valence-corrected chi connectivity index (χ2v) is 4.20. The zero-order chi connectivity index (χ0) is 12.4. The SMILES string of the molecule is COc1ccc(-c2c(C)ccc[n+]2N)c(Cl)c1. The molecule has 1 aromatic carbocycles. The molecule has 1 aromatic heterocycles. The predicted molar refractivity (Wildman–Crippen MR) is 68.5 cm³/mol. The number of methoxy groups -OCH3 is 1. The Hall–Kier alpha value is -1.74. The summed E-state index contributed by atoms with van der Waals surface area (Å²) in [7, 11) is 1.61. The lowest BCUT2D eigenvalue weighted by Crippen LogP contribution is -2.46. The summed E-state index contributed by atoms with van der Waals surface area (Å²) in [6, 6.07) is 9.46. The molecule has 2 aromatic rings. The predicted octanol–water partition coefficient (Wildman–Crippen LogP) is 2.33. The number of aromatic nitrogens is 1. The summed E-state index contributed by atoms with van der Waals surface area (Å²) >= 11 is 6.24. The smallest absolute Gasteiger partial charge is 0.246 e. The molecule has 0 saturated heterocycles. The number of rotatable bonds is 2. The van der Waals surface area contributed by atoms with Crippen molar-refractivity contribution in [1.29, 1.82) is 0 Å². The van der Waals surface area contributed by atoms with Crippen molar-refractivity contribution in [3.63, 3.8) is 0 Å². The Bertz CT molecular complexity index is 535. The van der Waals surface area contributed by atoms with Crippen LogP contribution in [0, 0.1) is 6.92 Å². The van der Waals surface area contributed by atoms with Crippen LogP contribution in [0.1, 0.15) is 5.56 Å². The third-order valence-corrected chi connectivity index (χ3v) is 2.97. The molecule has 88 valence electrons. The van der Waals surface area contributed by atoms with Gasteiger partial charge >= 0.3 is 0 Å². The van der Waals surface area contributed by atoms with E-state index in [9.17, 15) is 0 Å². The van der Waals surface area contributed by atoms with Gasteiger partial charge in [-0.2, -0.15) is 0 Å². The molecule has 0 aliphatic rings. The Labute approximate surface area is 105 Å². The van der Waals surface area contributed by atoms with E-state index in [1.54, 1.807) is 24.0 Å². The quantitative estimate of drug-likeness (QED) is 0.655. The monoisotopic (exact) mass is 249 g/mol. The number of halogens is 1. The molecular weight excluding hydrogens is 236 g/mol. The molecular formula is C13H14ClN2O+. The number of hydrogen-bond donors (Lipinski definition) is 1. The van der Waals surface area contributed by atoms with E-state index in [1.807, 2.05) is 31.2 Å². The molecule has 3 nitrogen and oxygen atoms in total. The van der Waals surface area contributed by atoms with Gasteiger partial charge in [-0.25, -0.2) is 5.84 Å². The first-order valence-corrected chi connectivity index (χ1v) is 5.61. The number of hydrogen-bond acceptors (Lipinski definition) is 2. The van der Waals surface area contributed by atoms with Crippen molar-refractivity contribution in [3.05, 3.63) is 47.1 Å². The molecule has 0 atom stereocenters. The van der Waals surface area contributed by atoms with E-state index in [0.29, 0.717) is 5.02 Å². The van der Waals surface area contributed by atoms with Crippen LogP contribution in [-0.2, 0) is 0 Å². The summed E-state index contributed by atoms with van der Waals surface area (Å²) in [5.74, 6) is 6.65. The number of pyridine rings is 1. The van der Waals surface area contributed by atoms with Crippen molar-refractivity contribution in [2.75, 3.05) is 13.0 Å². The van der Waals surface area contributed by atoms with Crippen molar-refractivity contribution >= 4 is 11.6 Å². The molecule has 1 heterocycles. The topological polar surface area (TPSA) is 39.1 Å². The summed E-state index contributed by atoms with van der Waals surface area (Å²) in [6.45, 7) is 2.00. The fourth-order valence-corrected chi connectivity index (χ4v) is 2.06. The average Bonchev–Trinajstić information content (AvgIpc) is 2.30. The van der Waals surface area contributed by atoms with Crippen LogP contribution < -0.4 is 15.3 Å². The molecule has 2 N–H and O–H groups in total. The lowest BCUT2D eigenvalue weighted by atomic mass is 10.1. The molecule has 0 fully saturated rings. The van der Waals surface area contributed by atoms with E-state index < -0.39 is 0 Å². The van der Waals surface area contributed by atoms with Crippen LogP contribution in [0.3, 0.4) is 0 Å². The molecule has 0 radical (unpaired) electrons. The molecule has 0 aliphatic carbocycles. The van der Waals surface area contributed by atoms with Crippen molar-refractivity contribution in [3.8, 4) is 17.0 Å². The van der Waals surface area contributed by atoms with Crippen LogP contribution in [-0.4, -0.2) is 7.11 Å². The van der Waals surface area contributed by atoms with E-state index in [2.05, 4.69) is 0 Å². The molecule has 2 rings (SSSR count).